The Morgan fingerprint density at radius 3 is 2.76 bits per heavy atom. The Labute approximate surface area is 194 Å². The molecule has 170 valence electrons. The van der Waals surface area contributed by atoms with Crippen LogP contribution in [0, 0.1) is 6.92 Å². The SMILES string of the molecule is Cc1onc2c1c(=O)n([C@H]1CCC[C@@H](NC(=O)C(O)c3ccccc3)C1)c1cccc(Cl)c21. The predicted molar refractivity (Wildman–Crippen MR) is 126 cm³/mol. The summed E-state index contributed by atoms with van der Waals surface area (Å²) in [7, 11) is 0. The summed E-state index contributed by atoms with van der Waals surface area (Å²) in [4.78, 5) is 26.2. The number of hydrogen-bond donors (Lipinski definition) is 2. The largest absolute Gasteiger partial charge is 0.378 e. The molecule has 2 aromatic carbocycles. The summed E-state index contributed by atoms with van der Waals surface area (Å²) in [6.45, 7) is 1.72. The van der Waals surface area contributed by atoms with E-state index in [-0.39, 0.29) is 17.6 Å². The Balaban J connectivity index is 1.48. The second kappa shape index (κ2) is 8.65. The third kappa shape index (κ3) is 3.81. The number of hydrogen-bond acceptors (Lipinski definition) is 5. The number of benzene rings is 2. The van der Waals surface area contributed by atoms with Gasteiger partial charge in [-0.05, 0) is 50.3 Å². The van der Waals surface area contributed by atoms with E-state index >= 15 is 0 Å². The molecule has 0 radical (unpaired) electrons. The monoisotopic (exact) mass is 465 g/mol. The van der Waals surface area contributed by atoms with E-state index in [1.54, 1.807) is 41.8 Å². The molecule has 2 aromatic heterocycles. The van der Waals surface area contributed by atoms with Gasteiger partial charge in [0.15, 0.2) is 6.10 Å². The first kappa shape index (κ1) is 21.7. The van der Waals surface area contributed by atoms with E-state index in [0.717, 1.165) is 19.3 Å². The van der Waals surface area contributed by atoms with Gasteiger partial charge in [0.2, 0.25) is 0 Å². The van der Waals surface area contributed by atoms with Crippen LogP contribution >= 0.6 is 11.6 Å². The number of halogens is 1. The number of carbonyl (C=O) groups excluding carboxylic acids is 1. The standard InChI is InChI=1S/C25H24ClN3O4/c1-14-20-22(28-33-14)21-18(26)11-6-12-19(21)29(25(20)32)17-10-5-9-16(13-17)27-24(31)23(30)15-7-3-2-4-8-15/h2-4,6-8,11-12,16-17,23,30H,5,9-10,13H2,1H3,(H,27,31)/t16-,17+,23?/m1/s1. The van der Waals surface area contributed by atoms with E-state index in [9.17, 15) is 14.7 Å². The molecule has 0 aliphatic heterocycles. The van der Waals surface area contributed by atoms with Gasteiger partial charge in [0.1, 0.15) is 16.7 Å². The maximum atomic E-state index is 13.5. The molecule has 5 rings (SSSR count). The second-order valence-corrected chi connectivity index (χ2v) is 9.02. The average molecular weight is 466 g/mol. The van der Waals surface area contributed by atoms with Crippen molar-refractivity contribution in [3.8, 4) is 0 Å². The zero-order chi connectivity index (χ0) is 23.1. The number of carbonyl (C=O) groups is 1. The minimum absolute atomic E-state index is 0.134. The summed E-state index contributed by atoms with van der Waals surface area (Å²) < 4.78 is 7.11. The molecule has 4 aromatic rings. The van der Waals surface area contributed by atoms with Gasteiger partial charge in [-0.15, -0.1) is 0 Å². The predicted octanol–water partition coefficient (Wildman–Crippen LogP) is 4.44. The zero-order valence-corrected chi connectivity index (χ0v) is 18.9. The number of aliphatic hydroxyl groups excluding tert-OH is 1. The molecule has 3 atom stereocenters. The van der Waals surface area contributed by atoms with Crippen LogP contribution in [0.3, 0.4) is 0 Å². The molecule has 0 spiro atoms. The van der Waals surface area contributed by atoms with Crippen molar-refractivity contribution in [1.82, 2.24) is 15.0 Å². The van der Waals surface area contributed by atoms with Crippen LogP contribution in [0.5, 0.6) is 0 Å². The quantitative estimate of drug-likeness (QED) is 0.464. The van der Waals surface area contributed by atoms with Gasteiger partial charge in [-0.25, -0.2) is 0 Å². The minimum Gasteiger partial charge on any atom is -0.378 e. The molecule has 2 N–H and O–H groups in total. The lowest BCUT2D eigenvalue weighted by Crippen LogP contribution is -2.42. The Morgan fingerprint density at radius 1 is 1.18 bits per heavy atom. The lowest BCUT2D eigenvalue weighted by molar-refractivity contribution is -0.130. The number of nitrogens with zero attached hydrogens (tertiary/aromatic N) is 2. The highest BCUT2D eigenvalue weighted by Gasteiger charge is 2.30. The highest BCUT2D eigenvalue weighted by Crippen LogP contribution is 2.35. The molecule has 1 unspecified atom stereocenters. The smallest absolute Gasteiger partial charge is 0.264 e. The van der Waals surface area contributed by atoms with Gasteiger partial charge in [0.05, 0.1) is 10.5 Å². The van der Waals surface area contributed by atoms with Gasteiger partial charge >= 0.3 is 0 Å². The number of aryl methyl sites for hydroxylation is 1. The van der Waals surface area contributed by atoms with E-state index in [4.69, 9.17) is 16.1 Å². The van der Waals surface area contributed by atoms with Crippen molar-refractivity contribution in [3.05, 3.63) is 75.2 Å². The van der Waals surface area contributed by atoms with Crippen molar-refractivity contribution in [2.75, 3.05) is 0 Å². The summed E-state index contributed by atoms with van der Waals surface area (Å²) in [5.41, 5.74) is 1.56. The van der Waals surface area contributed by atoms with Crippen LogP contribution in [0.2, 0.25) is 5.02 Å². The molecular formula is C25H24ClN3O4. The third-order valence-corrected chi connectivity index (χ3v) is 6.82. The summed E-state index contributed by atoms with van der Waals surface area (Å²) in [6.07, 6.45) is 1.76. The Kier molecular flexibility index (Phi) is 5.68. The topological polar surface area (TPSA) is 97.4 Å². The Hall–Kier alpha value is -3.16. The van der Waals surface area contributed by atoms with Gasteiger partial charge in [0.25, 0.3) is 11.5 Å². The zero-order valence-electron chi connectivity index (χ0n) is 18.1. The number of aliphatic hydroxyl groups is 1. The molecule has 1 aliphatic carbocycles. The summed E-state index contributed by atoms with van der Waals surface area (Å²) in [6, 6.07) is 14.0. The van der Waals surface area contributed by atoms with Gasteiger partial charge in [-0.3, -0.25) is 9.59 Å². The molecule has 7 nitrogen and oxygen atoms in total. The second-order valence-electron chi connectivity index (χ2n) is 8.61. The van der Waals surface area contributed by atoms with Crippen LogP contribution < -0.4 is 10.9 Å². The van der Waals surface area contributed by atoms with Crippen LogP contribution in [0.1, 0.15) is 49.2 Å². The number of pyridine rings is 1. The number of rotatable bonds is 4. The van der Waals surface area contributed by atoms with Crippen molar-refractivity contribution in [2.45, 2.75) is 50.8 Å². The molecular weight excluding hydrogens is 442 g/mol. The minimum atomic E-state index is -1.23. The van der Waals surface area contributed by atoms with Crippen molar-refractivity contribution in [3.63, 3.8) is 0 Å². The fourth-order valence-electron chi connectivity index (χ4n) is 4.93. The molecule has 0 bridgehead atoms. The molecule has 1 fully saturated rings. The summed E-state index contributed by atoms with van der Waals surface area (Å²) >= 11 is 6.52. The maximum absolute atomic E-state index is 13.5. The maximum Gasteiger partial charge on any atom is 0.264 e. The molecule has 0 saturated heterocycles. The molecule has 33 heavy (non-hydrogen) atoms. The van der Waals surface area contributed by atoms with E-state index in [1.165, 1.54) is 0 Å². The first-order valence-corrected chi connectivity index (χ1v) is 11.5. The highest BCUT2D eigenvalue weighted by molar-refractivity contribution is 6.37. The Morgan fingerprint density at radius 2 is 1.97 bits per heavy atom. The first-order valence-electron chi connectivity index (χ1n) is 11.1. The van der Waals surface area contributed by atoms with E-state index in [2.05, 4.69) is 10.5 Å². The third-order valence-electron chi connectivity index (χ3n) is 6.51. The average Bonchev–Trinajstić information content (AvgIpc) is 3.21. The fraction of sp³-hybridized carbons (Fsp3) is 0.320. The van der Waals surface area contributed by atoms with Crippen LogP contribution in [-0.4, -0.2) is 26.8 Å². The molecule has 2 heterocycles. The number of fused-ring (bicyclic) bond motifs is 3. The van der Waals surface area contributed by atoms with Crippen molar-refractivity contribution >= 4 is 39.3 Å². The van der Waals surface area contributed by atoms with E-state index in [0.29, 0.717) is 44.6 Å². The number of amides is 1. The molecule has 8 heteroatoms. The van der Waals surface area contributed by atoms with Gasteiger partial charge in [0, 0.05) is 17.5 Å². The molecule has 1 aliphatic rings. The number of aromatic nitrogens is 2. The lowest BCUT2D eigenvalue weighted by atomic mass is 9.90. The summed E-state index contributed by atoms with van der Waals surface area (Å²) in [5, 5.41) is 19.2. The van der Waals surface area contributed by atoms with Crippen molar-refractivity contribution in [2.24, 2.45) is 0 Å². The molecule has 1 saturated carbocycles. The summed E-state index contributed by atoms with van der Waals surface area (Å²) in [5.74, 6) is 0.0228. The van der Waals surface area contributed by atoms with Crippen LogP contribution in [0.15, 0.2) is 57.8 Å². The normalized spacial score (nSPS) is 19.6. The van der Waals surface area contributed by atoms with Gasteiger partial charge in [-0.1, -0.05) is 53.2 Å². The van der Waals surface area contributed by atoms with Gasteiger partial charge < -0.3 is 19.5 Å². The van der Waals surface area contributed by atoms with Crippen LogP contribution in [-0.2, 0) is 4.79 Å². The Bertz CT molecular complexity index is 1400. The molecule has 1 amide bonds. The van der Waals surface area contributed by atoms with Crippen molar-refractivity contribution < 1.29 is 14.4 Å². The fourth-order valence-corrected chi connectivity index (χ4v) is 5.19. The highest BCUT2D eigenvalue weighted by atomic mass is 35.5. The first-order chi connectivity index (χ1) is 16.0. The van der Waals surface area contributed by atoms with Gasteiger partial charge in [-0.2, -0.15) is 0 Å². The van der Waals surface area contributed by atoms with Crippen molar-refractivity contribution in [1.29, 1.82) is 0 Å². The lowest BCUT2D eigenvalue weighted by Gasteiger charge is -2.32. The number of nitrogens with one attached hydrogen (secondary N) is 1. The van der Waals surface area contributed by atoms with E-state index in [1.807, 2.05) is 18.2 Å². The van der Waals surface area contributed by atoms with Crippen LogP contribution in [0.25, 0.3) is 21.8 Å². The van der Waals surface area contributed by atoms with E-state index < -0.39 is 12.0 Å². The van der Waals surface area contributed by atoms with Crippen LogP contribution in [0.4, 0.5) is 0 Å².